The molecule has 6 nitrogen and oxygen atoms in total. The fourth-order valence-corrected chi connectivity index (χ4v) is 3.37. The first-order valence-electron chi connectivity index (χ1n) is 11.0. The summed E-state index contributed by atoms with van der Waals surface area (Å²) in [5.74, 6) is -1.53. The number of nitrogens with one attached hydrogen (secondary N) is 2. The summed E-state index contributed by atoms with van der Waals surface area (Å²) in [6.45, 7) is 0. The highest BCUT2D eigenvalue weighted by Crippen LogP contribution is 2.32. The quantitative estimate of drug-likeness (QED) is 0.318. The first-order chi connectivity index (χ1) is 17.1. The van der Waals surface area contributed by atoms with Crippen LogP contribution in [0.25, 0.3) is 27.8 Å². The van der Waals surface area contributed by atoms with Crippen LogP contribution in [-0.4, -0.2) is 28.0 Å². The Bertz CT molecular complexity index is 1420. The van der Waals surface area contributed by atoms with Crippen LogP contribution in [0.1, 0.15) is 39.1 Å². The molecule has 1 aromatic heterocycles. The average molecular weight is 492 g/mol. The van der Waals surface area contributed by atoms with Gasteiger partial charge in [-0.1, -0.05) is 49.2 Å². The van der Waals surface area contributed by atoms with Gasteiger partial charge >= 0.3 is 12.1 Å². The van der Waals surface area contributed by atoms with Crippen molar-refractivity contribution in [2.75, 3.05) is 5.32 Å². The van der Waals surface area contributed by atoms with Gasteiger partial charge in [0.25, 0.3) is 5.91 Å². The van der Waals surface area contributed by atoms with Crippen LogP contribution >= 0.6 is 0 Å². The van der Waals surface area contributed by atoms with E-state index in [4.69, 9.17) is 10.8 Å². The second-order valence-electron chi connectivity index (χ2n) is 8.29. The number of rotatable bonds is 4. The summed E-state index contributed by atoms with van der Waals surface area (Å²) >= 11 is 0. The molecule has 1 aliphatic rings. The molecule has 1 aliphatic carbocycles. The molecule has 0 radical (unpaired) electrons. The Morgan fingerprint density at radius 2 is 1.64 bits per heavy atom. The fraction of sp³-hybridized carbons (Fsp3) is 0.148. The van der Waals surface area contributed by atoms with Gasteiger partial charge in [0.15, 0.2) is 0 Å². The molecule has 0 aliphatic heterocycles. The Balaban J connectivity index is 0.000000692. The molecule has 0 spiro atoms. The second kappa shape index (κ2) is 10.2. The van der Waals surface area contributed by atoms with Gasteiger partial charge in [0.1, 0.15) is 0 Å². The number of hydrogen-bond donors (Lipinski definition) is 2. The lowest BCUT2D eigenvalue weighted by atomic mass is 9.98. The molecule has 3 N–H and O–H groups in total. The van der Waals surface area contributed by atoms with Crippen molar-refractivity contribution in [1.82, 2.24) is 4.98 Å². The number of benzene rings is 3. The van der Waals surface area contributed by atoms with Gasteiger partial charge in [-0.15, -0.1) is 6.04 Å². The predicted octanol–water partition coefficient (Wildman–Crippen LogP) is 7.07. The lowest BCUT2D eigenvalue weighted by Crippen LogP contribution is -2.13. The predicted molar refractivity (Wildman–Crippen MR) is 131 cm³/mol. The Hall–Kier alpha value is -4.24. The molecule has 0 bridgehead atoms. The molecule has 0 saturated heterocycles. The summed E-state index contributed by atoms with van der Waals surface area (Å²) in [5, 5.41) is 12.4. The van der Waals surface area contributed by atoms with Gasteiger partial charge in [-0.05, 0) is 47.5 Å². The molecule has 9 heteroatoms. The Labute approximate surface area is 204 Å². The van der Waals surface area contributed by atoms with Crippen molar-refractivity contribution in [2.24, 2.45) is 0 Å². The van der Waals surface area contributed by atoms with Gasteiger partial charge in [-0.2, -0.15) is 13.2 Å². The van der Waals surface area contributed by atoms with Crippen LogP contribution in [-0.2, 0) is 6.18 Å². The molecular formula is C27H21F3N3O3-. The lowest BCUT2D eigenvalue weighted by Gasteiger charge is -2.12. The highest BCUT2D eigenvalue weighted by Gasteiger charge is 2.30. The third kappa shape index (κ3) is 6.05. The number of anilines is 1. The highest BCUT2D eigenvalue weighted by molar-refractivity contribution is 6.09. The lowest BCUT2D eigenvalue weighted by molar-refractivity contribution is -0.137. The van der Waals surface area contributed by atoms with Gasteiger partial charge in [-0.25, -0.2) is 4.79 Å². The van der Waals surface area contributed by atoms with E-state index in [9.17, 15) is 22.8 Å². The number of fused-ring (bicyclic) bond motifs is 1. The van der Waals surface area contributed by atoms with Gasteiger partial charge in [-0.3, -0.25) is 9.78 Å². The van der Waals surface area contributed by atoms with Gasteiger partial charge < -0.3 is 16.2 Å². The van der Waals surface area contributed by atoms with Crippen molar-refractivity contribution in [2.45, 2.75) is 25.1 Å². The number of carboxylic acid groups (broad SMARTS) is 1. The molecule has 0 unspecified atom stereocenters. The Morgan fingerprint density at radius 1 is 0.972 bits per heavy atom. The van der Waals surface area contributed by atoms with Crippen LogP contribution in [0.3, 0.4) is 0 Å². The Morgan fingerprint density at radius 3 is 2.25 bits per heavy atom. The van der Waals surface area contributed by atoms with E-state index >= 15 is 0 Å². The molecule has 36 heavy (non-hydrogen) atoms. The second-order valence-corrected chi connectivity index (χ2v) is 8.29. The molecular weight excluding hydrogens is 471 g/mol. The average Bonchev–Trinajstić information content (AvgIpc) is 3.65. The van der Waals surface area contributed by atoms with Gasteiger partial charge in [0.05, 0.1) is 16.6 Å². The summed E-state index contributed by atoms with van der Waals surface area (Å²) in [4.78, 5) is 28.1. The number of alkyl halides is 3. The summed E-state index contributed by atoms with van der Waals surface area (Å²) in [5.41, 5.74) is 8.19. The maximum atomic E-state index is 12.9. The number of amides is 1. The number of carboxylic acids is 1. The maximum Gasteiger partial charge on any atom is 0.416 e. The zero-order chi connectivity index (χ0) is 25.9. The number of pyridine rings is 1. The van der Waals surface area contributed by atoms with Crippen LogP contribution in [0.4, 0.5) is 18.9 Å². The summed E-state index contributed by atoms with van der Waals surface area (Å²) < 4.78 is 38.5. The zero-order valence-corrected chi connectivity index (χ0v) is 18.8. The summed E-state index contributed by atoms with van der Waals surface area (Å²) in [6, 6.07) is 17.9. The molecule has 1 fully saturated rings. The van der Waals surface area contributed by atoms with Crippen LogP contribution in [0, 0.1) is 0 Å². The number of halogens is 3. The van der Waals surface area contributed by atoms with Crippen molar-refractivity contribution in [3.63, 3.8) is 0 Å². The summed E-state index contributed by atoms with van der Waals surface area (Å²) in [6.07, 6.45) is -0.902. The van der Waals surface area contributed by atoms with E-state index in [1.807, 2.05) is 0 Å². The molecule has 1 heterocycles. The van der Waals surface area contributed by atoms with Crippen molar-refractivity contribution in [1.29, 1.82) is 0 Å². The molecule has 1 saturated carbocycles. The third-order valence-electron chi connectivity index (χ3n) is 5.46. The van der Waals surface area contributed by atoms with Crippen molar-refractivity contribution in [3.05, 3.63) is 101 Å². The minimum Gasteiger partial charge on any atom is -0.675 e. The van der Waals surface area contributed by atoms with Crippen LogP contribution in [0.15, 0.2) is 79.0 Å². The first-order valence-corrected chi connectivity index (χ1v) is 11.0. The number of hydrogen-bond acceptors (Lipinski definition) is 3. The summed E-state index contributed by atoms with van der Waals surface area (Å²) in [7, 11) is 0. The normalized spacial score (nSPS) is 13.0. The molecule has 3 aromatic carbocycles. The molecule has 0 atom stereocenters. The fourth-order valence-electron chi connectivity index (χ4n) is 3.37. The smallest absolute Gasteiger partial charge is 0.416 e. The monoisotopic (exact) mass is 492 g/mol. The van der Waals surface area contributed by atoms with E-state index in [0.717, 1.165) is 25.0 Å². The van der Waals surface area contributed by atoms with Gasteiger partial charge in [0.2, 0.25) is 0 Å². The van der Waals surface area contributed by atoms with Crippen molar-refractivity contribution >= 4 is 28.5 Å². The van der Waals surface area contributed by atoms with Crippen LogP contribution in [0.2, 0.25) is 0 Å². The molecule has 4 aromatic rings. The largest absolute Gasteiger partial charge is 0.675 e. The number of aromatic nitrogens is 1. The highest BCUT2D eigenvalue weighted by atomic mass is 19.4. The number of nitrogens with zero attached hydrogens (tertiary/aromatic N) is 1. The standard InChI is InChI=1S/C24H15F3N2O3.C3H6N/c25-24(26,27)17-8-5-14(6-9-17)19-3-1-2-4-20(19)22(30)29-18-10-7-15-11-16(23(31)32)13-28-21(15)12-18;4-3-1-2-3/h1-13H,(H,29,30)(H,31,32);3-4H,1-2H2/q;-1. The van der Waals surface area contributed by atoms with Crippen LogP contribution < -0.4 is 5.32 Å². The topological polar surface area (TPSA) is 103 Å². The molecule has 5 rings (SSSR count). The van der Waals surface area contributed by atoms with Crippen LogP contribution in [0.5, 0.6) is 0 Å². The van der Waals surface area contributed by atoms with E-state index in [-0.39, 0.29) is 5.56 Å². The van der Waals surface area contributed by atoms with E-state index in [2.05, 4.69) is 10.3 Å². The maximum absolute atomic E-state index is 12.9. The van der Waals surface area contributed by atoms with Crippen molar-refractivity contribution in [3.8, 4) is 11.1 Å². The van der Waals surface area contributed by atoms with E-state index in [0.29, 0.717) is 39.3 Å². The van der Waals surface area contributed by atoms with Crippen molar-refractivity contribution < 1.29 is 27.9 Å². The molecule has 1 amide bonds. The minimum atomic E-state index is -4.44. The van der Waals surface area contributed by atoms with E-state index < -0.39 is 23.6 Å². The SMILES string of the molecule is O=C(O)c1cnc2cc(NC(=O)c3ccccc3-c3ccc(C(F)(F)F)cc3)ccc2c1.[NH-]C1CC1. The Kier molecular flexibility index (Phi) is 7.03. The number of aromatic carboxylic acids is 1. The zero-order valence-electron chi connectivity index (χ0n) is 18.8. The molecule has 184 valence electrons. The minimum absolute atomic E-state index is 0.0553. The first kappa shape index (κ1) is 24.9. The third-order valence-corrected chi connectivity index (χ3v) is 5.46. The van der Waals surface area contributed by atoms with E-state index in [1.165, 1.54) is 24.4 Å². The van der Waals surface area contributed by atoms with E-state index in [1.54, 1.807) is 42.5 Å². The number of carbonyl (C=O) groups excluding carboxylic acids is 1. The van der Waals surface area contributed by atoms with Gasteiger partial charge in [0, 0.05) is 22.8 Å². The number of carbonyl (C=O) groups is 2.